The van der Waals surface area contributed by atoms with Crippen LogP contribution in [0.2, 0.25) is 0 Å². The summed E-state index contributed by atoms with van der Waals surface area (Å²) in [6.07, 6.45) is 5.40. The lowest BCUT2D eigenvalue weighted by molar-refractivity contribution is 0.531. The van der Waals surface area contributed by atoms with E-state index in [0.717, 1.165) is 17.0 Å². The molecule has 0 fully saturated rings. The van der Waals surface area contributed by atoms with Gasteiger partial charge in [0.05, 0.1) is 19.1 Å². The summed E-state index contributed by atoms with van der Waals surface area (Å²) in [5.74, 6) is 0.904. The highest BCUT2D eigenvalue weighted by Gasteiger charge is 2.09. The van der Waals surface area contributed by atoms with Gasteiger partial charge < -0.3 is 9.73 Å². The van der Waals surface area contributed by atoms with Gasteiger partial charge in [-0.3, -0.25) is 4.40 Å². The van der Waals surface area contributed by atoms with Crippen molar-refractivity contribution in [2.24, 2.45) is 0 Å². The van der Waals surface area contributed by atoms with Gasteiger partial charge in [0.15, 0.2) is 11.5 Å². The molecule has 0 bridgehead atoms. The fraction of sp³-hybridized carbons (Fsp3) is 0.231. The van der Waals surface area contributed by atoms with Gasteiger partial charge in [0, 0.05) is 17.8 Å². The topological polar surface area (TPSA) is 55.4 Å². The Morgan fingerprint density at radius 3 is 3.11 bits per heavy atom. The first kappa shape index (κ1) is 11.0. The van der Waals surface area contributed by atoms with Crippen LogP contribution in [0, 0.1) is 0 Å². The Hall–Kier alpha value is -2.14. The van der Waals surface area contributed by atoms with Gasteiger partial charge >= 0.3 is 0 Å². The minimum absolute atomic E-state index is 0.222. The van der Waals surface area contributed by atoms with Crippen molar-refractivity contribution in [3.63, 3.8) is 0 Å². The first-order valence-electron chi connectivity index (χ1n) is 5.89. The number of aromatic nitrogens is 3. The minimum atomic E-state index is 0.222. The second-order valence-electron chi connectivity index (χ2n) is 4.20. The number of hydrogen-bond acceptors (Lipinski definition) is 4. The largest absolute Gasteiger partial charge is 0.472 e. The molecule has 3 aromatic heterocycles. The van der Waals surface area contributed by atoms with E-state index in [1.54, 1.807) is 12.5 Å². The number of rotatable bonds is 4. The van der Waals surface area contributed by atoms with Crippen molar-refractivity contribution < 1.29 is 4.42 Å². The van der Waals surface area contributed by atoms with Crippen LogP contribution < -0.4 is 5.32 Å². The van der Waals surface area contributed by atoms with Gasteiger partial charge in [-0.2, -0.15) is 0 Å². The Labute approximate surface area is 104 Å². The maximum atomic E-state index is 5.07. The minimum Gasteiger partial charge on any atom is -0.472 e. The summed E-state index contributed by atoms with van der Waals surface area (Å²) in [5, 5.41) is 11.7. The molecule has 0 amide bonds. The second-order valence-corrected chi connectivity index (χ2v) is 4.20. The van der Waals surface area contributed by atoms with Crippen LogP contribution in [0.3, 0.4) is 0 Å². The average Bonchev–Trinajstić information content (AvgIpc) is 3.06. The summed E-state index contributed by atoms with van der Waals surface area (Å²) in [6.45, 7) is 2.76. The van der Waals surface area contributed by atoms with Crippen LogP contribution in [0.25, 0.3) is 5.65 Å². The van der Waals surface area contributed by atoms with E-state index in [4.69, 9.17) is 4.42 Å². The van der Waals surface area contributed by atoms with Crippen molar-refractivity contribution in [2.45, 2.75) is 19.5 Å². The predicted molar refractivity (Wildman–Crippen MR) is 66.9 cm³/mol. The summed E-state index contributed by atoms with van der Waals surface area (Å²) in [7, 11) is 0. The van der Waals surface area contributed by atoms with Gasteiger partial charge in [-0.25, -0.2) is 0 Å². The van der Waals surface area contributed by atoms with Crippen LogP contribution in [0.4, 0.5) is 0 Å². The highest BCUT2D eigenvalue weighted by Crippen LogP contribution is 2.13. The smallest absolute Gasteiger partial charge is 0.160 e. The summed E-state index contributed by atoms with van der Waals surface area (Å²) >= 11 is 0. The van der Waals surface area contributed by atoms with E-state index in [-0.39, 0.29) is 6.04 Å². The SMILES string of the molecule is CC(NCc1nnc2ccccn12)c1ccoc1. The lowest BCUT2D eigenvalue weighted by atomic mass is 10.2. The van der Waals surface area contributed by atoms with Crippen LogP contribution in [-0.4, -0.2) is 14.6 Å². The van der Waals surface area contributed by atoms with Crippen LogP contribution in [-0.2, 0) is 6.54 Å². The third-order valence-electron chi connectivity index (χ3n) is 2.99. The lowest BCUT2D eigenvalue weighted by Gasteiger charge is -2.10. The maximum absolute atomic E-state index is 5.07. The fourth-order valence-corrected chi connectivity index (χ4v) is 1.90. The van der Waals surface area contributed by atoms with E-state index < -0.39 is 0 Å². The van der Waals surface area contributed by atoms with Crippen molar-refractivity contribution in [1.82, 2.24) is 19.9 Å². The fourth-order valence-electron chi connectivity index (χ4n) is 1.90. The van der Waals surface area contributed by atoms with Gasteiger partial charge in [-0.05, 0) is 25.1 Å². The van der Waals surface area contributed by atoms with Crippen molar-refractivity contribution in [2.75, 3.05) is 0 Å². The van der Waals surface area contributed by atoms with Gasteiger partial charge in [-0.15, -0.1) is 10.2 Å². The van der Waals surface area contributed by atoms with E-state index in [0.29, 0.717) is 6.54 Å². The molecule has 3 heterocycles. The molecule has 0 spiro atoms. The first-order valence-corrected chi connectivity index (χ1v) is 5.89. The summed E-state index contributed by atoms with van der Waals surface area (Å²) in [5.41, 5.74) is 1.99. The quantitative estimate of drug-likeness (QED) is 0.761. The van der Waals surface area contributed by atoms with Gasteiger partial charge in [0.1, 0.15) is 0 Å². The lowest BCUT2D eigenvalue weighted by Crippen LogP contribution is -2.19. The molecular formula is C13H14N4O. The van der Waals surface area contributed by atoms with Crippen LogP contribution in [0.15, 0.2) is 47.4 Å². The number of nitrogens with zero attached hydrogens (tertiary/aromatic N) is 3. The van der Waals surface area contributed by atoms with Crippen LogP contribution in [0.1, 0.15) is 24.4 Å². The number of furan rings is 1. The molecule has 18 heavy (non-hydrogen) atoms. The highest BCUT2D eigenvalue weighted by atomic mass is 16.3. The van der Waals surface area contributed by atoms with Crippen LogP contribution in [0.5, 0.6) is 0 Å². The Balaban J connectivity index is 1.73. The highest BCUT2D eigenvalue weighted by molar-refractivity contribution is 5.36. The summed E-state index contributed by atoms with van der Waals surface area (Å²) in [6, 6.07) is 8.05. The zero-order chi connectivity index (χ0) is 12.4. The number of hydrogen-bond donors (Lipinski definition) is 1. The summed E-state index contributed by atoms with van der Waals surface area (Å²) in [4.78, 5) is 0. The molecule has 92 valence electrons. The van der Waals surface area contributed by atoms with Gasteiger partial charge in [0.25, 0.3) is 0 Å². The first-order chi connectivity index (χ1) is 8.84. The number of nitrogens with one attached hydrogen (secondary N) is 1. The molecule has 3 rings (SSSR count). The van der Waals surface area contributed by atoms with Crippen molar-refractivity contribution in [3.05, 3.63) is 54.4 Å². The standard InChI is InChI=1S/C13H14N4O/c1-10(11-5-7-18-9-11)14-8-13-16-15-12-4-2-3-6-17(12)13/h2-7,9-10,14H,8H2,1H3. The Kier molecular flexibility index (Phi) is 2.82. The molecule has 0 aliphatic carbocycles. The molecule has 0 saturated heterocycles. The maximum Gasteiger partial charge on any atom is 0.160 e. The third kappa shape index (κ3) is 2.00. The van der Waals surface area contributed by atoms with Crippen LogP contribution >= 0.6 is 0 Å². The molecule has 1 atom stereocenters. The van der Waals surface area contributed by atoms with E-state index in [1.165, 1.54) is 0 Å². The molecule has 5 nitrogen and oxygen atoms in total. The normalized spacial score (nSPS) is 12.9. The Morgan fingerprint density at radius 1 is 1.33 bits per heavy atom. The molecule has 0 saturated carbocycles. The van der Waals surface area contributed by atoms with Crippen molar-refractivity contribution in [1.29, 1.82) is 0 Å². The molecule has 3 aromatic rings. The van der Waals surface area contributed by atoms with E-state index in [1.807, 2.05) is 34.9 Å². The Bertz CT molecular complexity index is 629. The number of pyridine rings is 1. The average molecular weight is 242 g/mol. The molecular weight excluding hydrogens is 228 g/mol. The molecule has 1 N–H and O–H groups in total. The van der Waals surface area contributed by atoms with E-state index in [2.05, 4.69) is 22.4 Å². The molecule has 0 radical (unpaired) electrons. The second kappa shape index (κ2) is 4.62. The van der Waals surface area contributed by atoms with E-state index >= 15 is 0 Å². The predicted octanol–water partition coefficient (Wildman–Crippen LogP) is 2.17. The molecule has 1 unspecified atom stereocenters. The van der Waals surface area contributed by atoms with Gasteiger partial charge in [-0.1, -0.05) is 6.07 Å². The van der Waals surface area contributed by atoms with Crippen molar-refractivity contribution >= 4 is 5.65 Å². The van der Waals surface area contributed by atoms with E-state index in [9.17, 15) is 0 Å². The molecule has 0 aromatic carbocycles. The van der Waals surface area contributed by atoms with Crippen molar-refractivity contribution in [3.8, 4) is 0 Å². The van der Waals surface area contributed by atoms with Gasteiger partial charge in [0.2, 0.25) is 0 Å². The zero-order valence-electron chi connectivity index (χ0n) is 10.1. The summed E-state index contributed by atoms with van der Waals surface area (Å²) < 4.78 is 7.05. The molecule has 0 aliphatic rings. The third-order valence-corrected chi connectivity index (χ3v) is 2.99. The monoisotopic (exact) mass is 242 g/mol. The number of fused-ring (bicyclic) bond motifs is 1. The molecule has 5 heteroatoms. The molecule has 0 aliphatic heterocycles. The Morgan fingerprint density at radius 2 is 2.28 bits per heavy atom. The zero-order valence-corrected chi connectivity index (χ0v) is 10.1.